The molecule has 0 bridgehead atoms. The summed E-state index contributed by atoms with van der Waals surface area (Å²) < 4.78 is 0. The molecule has 3 aromatic rings. The lowest BCUT2D eigenvalue weighted by Crippen LogP contribution is -2.20. The summed E-state index contributed by atoms with van der Waals surface area (Å²) in [4.78, 5) is 0. The molecule has 2 nitrogen and oxygen atoms in total. The second-order valence-corrected chi connectivity index (χ2v) is 6.03. The fourth-order valence-corrected chi connectivity index (χ4v) is 3.78. The monoisotopic (exact) mass is 286 g/mol. The molecule has 2 aliphatic rings. The van der Waals surface area contributed by atoms with Crippen LogP contribution in [-0.2, 0) is 0 Å². The fraction of sp³-hybridized carbons (Fsp3) is 0.100. The van der Waals surface area contributed by atoms with E-state index in [-0.39, 0.29) is 0 Å². The SMILES string of the molecule is O[C@@H]1C=C2c3cc4ccccc4cc3-c3cccc(c32)[C@H]1O. The van der Waals surface area contributed by atoms with Crippen LogP contribution in [0.2, 0.25) is 0 Å². The molecule has 22 heavy (non-hydrogen) atoms. The lowest BCUT2D eigenvalue weighted by Gasteiger charge is -2.24. The highest BCUT2D eigenvalue weighted by molar-refractivity contribution is 6.07. The third-order valence-electron chi connectivity index (χ3n) is 4.81. The van der Waals surface area contributed by atoms with Crippen LogP contribution in [0.3, 0.4) is 0 Å². The first kappa shape index (κ1) is 12.2. The molecule has 2 aliphatic carbocycles. The van der Waals surface area contributed by atoms with Crippen LogP contribution in [-0.4, -0.2) is 16.3 Å². The van der Waals surface area contributed by atoms with Crippen molar-refractivity contribution in [2.45, 2.75) is 12.2 Å². The molecule has 0 radical (unpaired) electrons. The van der Waals surface area contributed by atoms with Crippen LogP contribution in [0.4, 0.5) is 0 Å². The number of fused-ring (bicyclic) bond motifs is 4. The average molecular weight is 286 g/mol. The van der Waals surface area contributed by atoms with E-state index in [9.17, 15) is 10.2 Å². The van der Waals surface area contributed by atoms with Crippen molar-refractivity contribution >= 4 is 16.3 Å². The Morgan fingerprint density at radius 3 is 2.23 bits per heavy atom. The molecule has 0 aromatic heterocycles. The van der Waals surface area contributed by atoms with Crippen molar-refractivity contribution in [2.75, 3.05) is 0 Å². The molecule has 2 heteroatoms. The Morgan fingerprint density at radius 2 is 1.45 bits per heavy atom. The number of rotatable bonds is 0. The van der Waals surface area contributed by atoms with Crippen LogP contribution < -0.4 is 0 Å². The molecule has 0 amide bonds. The predicted octanol–water partition coefficient (Wildman–Crippen LogP) is 3.66. The summed E-state index contributed by atoms with van der Waals surface area (Å²) in [6.45, 7) is 0. The maximum Gasteiger partial charge on any atom is 0.109 e. The zero-order valence-corrected chi connectivity index (χ0v) is 11.8. The summed E-state index contributed by atoms with van der Waals surface area (Å²) >= 11 is 0. The molecule has 0 heterocycles. The van der Waals surface area contributed by atoms with Gasteiger partial charge >= 0.3 is 0 Å². The molecule has 5 rings (SSSR count). The Kier molecular flexibility index (Phi) is 2.25. The van der Waals surface area contributed by atoms with E-state index in [4.69, 9.17) is 0 Å². The molecule has 106 valence electrons. The summed E-state index contributed by atoms with van der Waals surface area (Å²) in [6, 6.07) is 18.7. The van der Waals surface area contributed by atoms with E-state index in [1.54, 1.807) is 6.08 Å². The van der Waals surface area contributed by atoms with Crippen molar-refractivity contribution in [3.05, 3.63) is 77.4 Å². The van der Waals surface area contributed by atoms with Crippen LogP contribution in [0.25, 0.3) is 27.5 Å². The molecule has 3 aromatic carbocycles. The van der Waals surface area contributed by atoms with Crippen LogP contribution in [0.1, 0.15) is 22.8 Å². The van der Waals surface area contributed by atoms with Gasteiger partial charge in [0.2, 0.25) is 0 Å². The number of hydrogen-bond donors (Lipinski definition) is 2. The Bertz CT molecular complexity index is 969. The van der Waals surface area contributed by atoms with E-state index in [1.165, 1.54) is 16.3 Å². The van der Waals surface area contributed by atoms with Crippen LogP contribution in [0.5, 0.6) is 0 Å². The summed E-state index contributed by atoms with van der Waals surface area (Å²) in [5, 5.41) is 22.8. The molecule has 0 saturated heterocycles. The smallest absolute Gasteiger partial charge is 0.109 e. The minimum absolute atomic E-state index is 0.822. The Hall–Kier alpha value is -2.42. The van der Waals surface area contributed by atoms with Gasteiger partial charge in [0.1, 0.15) is 12.2 Å². The van der Waals surface area contributed by atoms with Crippen molar-refractivity contribution in [1.82, 2.24) is 0 Å². The summed E-state index contributed by atoms with van der Waals surface area (Å²) in [7, 11) is 0. The molecular formula is C20H14O2. The van der Waals surface area contributed by atoms with Crippen LogP contribution in [0, 0.1) is 0 Å². The van der Waals surface area contributed by atoms with Crippen molar-refractivity contribution in [3.8, 4) is 11.1 Å². The van der Waals surface area contributed by atoms with Gasteiger partial charge in [0.25, 0.3) is 0 Å². The third kappa shape index (κ3) is 1.41. The van der Waals surface area contributed by atoms with E-state index in [0.717, 1.165) is 27.8 Å². The molecular weight excluding hydrogens is 272 g/mol. The fourth-order valence-electron chi connectivity index (χ4n) is 3.78. The number of benzene rings is 3. The van der Waals surface area contributed by atoms with Gasteiger partial charge in [-0.3, -0.25) is 0 Å². The molecule has 0 unspecified atom stereocenters. The highest BCUT2D eigenvalue weighted by Gasteiger charge is 2.34. The van der Waals surface area contributed by atoms with E-state index in [0.29, 0.717) is 0 Å². The quantitative estimate of drug-likeness (QED) is 0.518. The molecule has 0 spiro atoms. The maximum atomic E-state index is 10.3. The zero-order valence-electron chi connectivity index (χ0n) is 11.8. The second kappa shape index (κ2) is 4.07. The van der Waals surface area contributed by atoms with Crippen LogP contribution >= 0.6 is 0 Å². The molecule has 0 fully saturated rings. The second-order valence-electron chi connectivity index (χ2n) is 6.03. The standard InChI is InChI=1S/C20H14O2/c21-18-10-17-16-9-12-5-2-1-4-11(12)8-15(16)13-6-3-7-14(19(13)17)20(18)22/h1-10,18,20-22H/t18-,20-/m1/s1. The van der Waals surface area contributed by atoms with Gasteiger partial charge in [0.05, 0.1) is 0 Å². The molecule has 0 saturated carbocycles. The van der Waals surface area contributed by atoms with Crippen molar-refractivity contribution in [3.63, 3.8) is 0 Å². The van der Waals surface area contributed by atoms with Gasteiger partial charge in [-0.2, -0.15) is 0 Å². The van der Waals surface area contributed by atoms with Gasteiger partial charge in [-0.1, -0.05) is 42.5 Å². The van der Waals surface area contributed by atoms with Gasteiger partial charge in [-0.25, -0.2) is 0 Å². The van der Waals surface area contributed by atoms with Gasteiger partial charge < -0.3 is 10.2 Å². The largest absolute Gasteiger partial charge is 0.386 e. The van der Waals surface area contributed by atoms with Crippen molar-refractivity contribution in [1.29, 1.82) is 0 Å². The van der Waals surface area contributed by atoms with E-state index >= 15 is 0 Å². The summed E-state index contributed by atoms with van der Waals surface area (Å²) in [5.41, 5.74) is 6.42. The third-order valence-corrected chi connectivity index (χ3v) is 4.81. The first-order chi connectivity index (χ1) is 10.7. The van der Waals surface area contributed by atoms with Gasteiger partial charge in [0, 0.05) is 0 Å². The first-order valence-electron chi connectivity index (χ1n) is 7.49. The van der Waals surface area contributed by atoms with Crippen LogP contribution in [0.15, 0.2) is 60.7 Å². The summed E-state index contributed by atoms with van der Waals surface area (Å²) in [6.07, 6.45) is 0.0921. The number of hydrogen-bond acceptors (Lipinski definition) is 2. The molecule has 0 aliphatic heterocycles. The average Bonchev–Trinajstić information content (AvgIpc) is 2.85. The number of aliphatic hydroxyl groups excluding tert-OH is 2. The van der Waals surface area contributed by atoms with Gasteiger partial charge in [0.15, 0.2) is 0 Å². The van der Waals surface area contributed by atoms with E-state index in [1.807, 2.05) is 24.3 Å². The zero-order chi connectivity index (χ0) is 14.8. The minimum Gasteiger partial charge on any atom is -0.386 e. The lowest BCUT2D eigenvalue weighted by atomic mass is 9.86. The predicted molar refractivity (Wildman–Crippen MR) is 87.4 cm³/mol. The van der Waals surface area contributed by atoms with Crippen molar-refractivity contribution < 1.29 is 10.2 Å². The highest BCUT2D eigenvalue weighted by Crippen LogP contribution is 2.50. The van der Waals surface area contributed by atoms with Crippen molar-refractivity contribution in [2.24, 2.45) is 0 Å². The normalized spacial score (nSPS) is 21.5. The van der Waals surface area contributed by atoms with E-state index < -0.39 is 12.2 Å². The lowest BCUT2D eigenvalue weighted by molar-refractivity contribution is 0.0467. The Labute approximate surface area is 128 Å². The maximum absolute atomic E-state index is 10.3. The first-order valence-corrected chi connectivity index (χ1v) is 7.49. The Morgan fingerprint density at radius 1 is 0.727 bits per heavy atom. The summed E-state index contributed by atoms with van der Waals surface area (Å²) in [5.74, 6) is 0. The minimum atomic E-state index is -0.852. The Balaban J connectivity index is 1.92. The molecule has 2 atom stereocenters. The highest BCUT2D eigenvalue weighted by atomic mass is 16.3. The van der Waals surface area contributed by atoms with Gasteiger partial charge in [-0.15, -0.1) is 0 Å². The molecule has 2 N–H and O–H groups in total. The van der Waals surface area contributed by atoms with E-state index in [2.05, 4.69) is 30.3 Å². The number of aliphatic hydroxyl groups is 2. The topological polar surface area (TPSA) is 40.5 Å². The van der Waals surface area contributed by atoms with Gasteiger partial charge in [-0.05, 0) is 62.4 Å².